The first-order valence-electron chi connectivity index (χ1n) is 9.15. The summed E-state index contributed by atoms with van der Waals surface area (Å²) in [6.07, 6.45) is 1.67. The minimum Gasteiger partial charge on any atom is -0.454 e. The maximum atomic E-state index is 13.6. The second kappa shape index (κ2) is 8.81. The van der Waals surface area contributed by atoms with Crippen LogP contribution in [0.15, 0.2) is 42.5 Å². The molecule has 0 saturated carbocycles. The number of nitrogens with one attached hydrogen (secondary N) is 1. The molecule has 1 aliphatic rings. The summed E-state index contributed by atoms with van der Waals surface area (Å²) in [5.41, 5.74) is 1.46. The third kappa shape index (κ3) is 4.77. The van der Waals surface area contributed by atoms with E-state index in [-0.39, 0.29) is 11.9 Å². The lowest BCUT2D eigenvalue weighted by molar-refractivity contribution is -0.146. The second-order valence-electron chi connectivity index (χ2n) is 6.75. The van der Waals surface area contributed by atoms with Crippen molar-refractivity contribution in [1.82, 2.24) is 5.32 Å². The Bertz CT molecular complexity index is 948. The maximum Gasteiger partial charge on any atom is 0.325 e. The Hall–Kier alpha value is -3.29. The molecule has 2 aromatic carbocycles. The molecule has 0 bridgehead atoms. The van der Waals surface area contributed by atoms with E-state index in [0.29, 0.717) is 6.07 Å². The minimum absolute atomic E-state index is 0.0303. The molecule has 1 N–H and O–H groups in total. The average molecular weight is 402 g/mol. The van der Waals surface area contributed by atoms with Gasteiger partial charge in [0.05, 0.1) is 5.56 Å². The van der Waals surface area contributed by atoms with Gasteiger partial charge in [0, 0.05) is 17.8 Å². The topological polar surface area (TPSA) is 75.7 Å². The number of halogens is 2. The van der Waals surface area contributed by atoms with Crippen LogP contribution in [-0.2, 0) is 20.7 Å². The molecule has 6 nitrogen and oxygen atoms in total. The third-order valence-electron chi connectivity index (χ3n) is 4.72. The van der Waals surface area contributed by atoms with Crippen LogP contribution in [0.2, 0.25) is 0 Å². The summed E-state index contributed by atoms with van der Waals surface area (Å²) >= 11 is 0. The number of para-hydroxylation sites is 1. The van der Waals surface area contributed by atoms with Gasteiger partial charge in [0.15, 0.2) is 6.61 Å². The molecule has 0 aliphatic carbocycles. The van der Waals surface area contributed by atoms with Crippen LogP contribution in [0.5, 0.6) is 0 Å². The lowest BCUT2D eigenvalue weighted by atomic mass is 9.96. The van der Waals surface area contributed by atoms with Crippen LogP contribution in [-0.4, -0.2) is 37.0 Å². The molecular formula is C21H20F2N2O4. The van der Waals surface area contributed by atoms with E-state index < -0.39 is 42.2 Å². The van der Waals surface area contributed by atoms with E-state index in [0.717, 1.165) is 36.2 Å². The van der Waals surface area contributed by atoms with Crippen LogP contribution < -0.4 is 10.2 Å². The van der Waals surface area contributed by atoms with Crippen molar-refractivity contribution in [2.75, 3.05) is 18.1 Å². The predicted molar refractivity (Wildman–Crippen MR) is 101 cm³/mol. The van der Waals surface area contributed by atoms with Gasteiger partial charge in [-0.15, -0.1) is 0 Å². The Morgan fingerprint density at radius 3 is 2.69 bits per heavy atom. The predicted octanol–water partition coefficient (Wildman–Crippen LogP) is 2.61. The molecule has 3 rings (SSSR count). The highest BCUT2D eigenvalue weighted by Gasteiger charge is 2.28. The van der Waals surface area contributed by atoms with Crippen LogP contribution >= 0.6 is 0 Å². The first kappa shape index (κ1) is 20.4. The summed E-state index contributed by atoms with van der Waals surface area (Å²) in [4.78, 5) is 38.0. The molecule has 2 amide bonds. The van der Waals surface area contributed by atoms with Gasteiger partial charge in [-0.2, -0.15) is 0 Å². The lowest BCUT2D eigenvalue weighted by Gasteiger charge is -2.35. The van der Waals surface area contributed by atoms with Crippen LogP contribution in [0.4, 0.5) is 14.5 Å². The number of hydrogen-bond donors (Lipinski definition) is 1. The van der Waals surface area contributed by atoms with Gasteiger partial charge in [-0.3, -0.25) is 14.4 Å². The number of rotatable bonds is 5. The van der Waals surface area contributed by atoms with Crippen LogP contribution in [0, 0.1) is 11.6 Å². The highest BCUT2D eigenvalue weighted by atomic mass is 19.1. The fraction of sp³-hybridized carbons (Fsp3) is 0.286. The van der Waals surface area contributed by atoms with Crippen molar-refractivity contribution in [2.45, 2.75) is 25.8 Å². The van der Waals surface area contributed by atoms with E-state index >= 15 is 0 Å². The number of nitrogens with zero attached hydrogens (tertiary/aromatic N) is 1. The number of amides is 2. The molecule has 29 heavy (non-hydrogen) atoms. The van der Waals surface area contributed by atoms with Crippen molar-refractivity contribution in [2.24, 2.45) is 0 Å². The normalized spacial score (nSPS) is 15.4. The number of fused-ring (bicyclic) bond motifs is 1. The third-order valence-corrected chi connectivity index (χ3v) is 4.72. The Labute approximate surface area is 166 Å². The van der Waals surface area contributed by atoms with Gasteiger partial charge in [-0.1, -0.05) is 18.2 Å². The molecule has 8 heteroatoms. The Kier molecular flexibility index (Phi) is 6.21. The fourth-order valence-electron chi connectivity index (χ4n) is 3.25. The molecule has 0 aromatic heterocycles. The summed E-state index contributed by atoms with van der Waals surface area (Å²) < 4.78 is 31.4. The molecule has 1 aliphatic heterocycles. The summed E-state index contributed by atoms with van der Waals surface area (Å²) in [6.45, 7) is 0.903. The van der Waals surface area contributed by atoms with E-state index in [1.165, 1.54) is 0 Å². The molecule has 0 radical (unpaired) electrons. The minimum atomic E-state index is -1.04. The van der Waals surface area contributed by atoms with Crippen molar-refractivity contribution in [3.8, 4) is 0 Å². The summed E-state index contributed by atoms with van der Waals surface area (Å²) in [5, 5.41) is 2.19. The van der Waals surface area contributed by atoms with Crippen LogP contribution in [0.3, 0.4) is 0 Å². The molecular weight excluding hydrogens is 382 g/mol. The lowest BCUT2D eigenvalue weighted by Crippen LogP contribution is -2.44. The largest absolute Gasteiger partial charge is 0.454 e. The SMILES string of the molecule is CC1CCc2ccccc2N1C(=O)COC(=O)CNC(=O)c1ccc(F)cc1F. The highest BCUT2D eigenvalue weighted by molar-refractivity contribution is 5.98. The van der Waals surface area contributed by atoms with Gasteiger partial charge in [0.1, 0.15) is 18.2 Å². The van der Waals surface area contributed by atoms with Gasteiger partial charge < -0.3 is 15.0 Å². The quantitative estimate of drug-likeness (QED) is 0.781. The van der Waals surface area contributed by atoms with Crippen molar-refractivity contribution in [3.63, 3.8) is 0 Å². The van der Waals surface area contributed by atoms with Gasteiger partial charge in [0.2, 0.25) is 0 Å². The fourth-order valence-corrected chi connectivity index (χ4v) is 3.25. The molecule has 0 spiro atoms. The Balaban J connectivity index is 1.53. The van der Waals surface area contributed by atoms with E-state index in [1.807, 2.05) is 31.2 Å². The maximum absolute atomic E-state index is 13.6. The van der Waals surface area contributed by atoms with Crippen molar-refractivity contribution >= 4 is 23.5 Å². The summed E-state index contributed by atoms with van der Waals surface area (Å²) in [5.74, 6) is -3.94. The Morgan fingerprint density at radius 2 is 1.93 bits per heavy atom. The van der Waals surface area contributed by atoms with Crippen LogP contribution in [0.25, 0.3) is 0 Å². The van der Waals surface area contributed by atoms with Gasteiger partial charge in [-0.05, 0) is 43.5 Å². The van der Waals surface area contributed by atoms with Crippen molar-refractivity contribution < 1.29 is 27.9 Å². The average Bonchev–Trinajstić information content (AvgIpc) is 2.70. The number of esters is 1. The first-order chi connectivity index (χ1) is 13.9. The zero-order valence-electron chi connectivity index (χ0n) is 15.8. The number of carbonyl (C=O) groups excluding carboxylic acids is 3. The number of carbonyl (C=O) groups is 3. The van der Waals surface area contributed by atoms with Crippen molar-refractivity contribution in [1.29, 1.82) is 0 Å². The number of anilines is 1. The summed E-state index contributed by atoms with van der Waals surface area (Å²) in [7, 11) is 0. The standard InChI is InChI=1S/C21H20F2N2O4/c1-13-6-7-14-4-2-3-5-18(14)25(13)19(26)12-29-20(27)11-24-21(28)16-9-8-15(22)10-17(16)23/h2-5,8-10,13H,6-7,11-12H2,1H3,(H,24,28). The molecule has 1 atom stereocenters. The van der Waals surface area contributed by atoms with Crippen molar-refractivity contribution in [3.05, 3.63) is 65.2 Å². The van der Waals surface area contributed by atoms with Gasteiger partial charge in [0.25, 0.3) is 11.8 Å². The number of aryl methyl sites for hydroxylation is 1. The number of ether oxygens (including phenoxy) is 1. The Morgan fingerprint density at radius 1 is 1.17 bits per heavy atom. The zero-order chi connectivity index (χ0) is 21.0. The second-order valence-corrected chi connectivity index (χ2v) is 6.75. The molecule has 1 heterocycles. The van der Waals surface area contributed by atoms with E-state index in [4.69, 9.17) is 4.74 Å². The molecule has 1 unspecified atom stereocenters. The van der Waals surface area contributed by atoms with E-state index in [1.54, 1.807) is 4.90 Å². The molecule has 2 aromatic rings. The van der Waals surface area contributed by atoms with E-state index in [2.05, 4.69) is 5.32 Å². The van der Waals surface area contributed by atoms with E-state index in [9.17, 15) is 23.2 Å². The highest BCUT2D eigenvalue weighted by Crippen LogP contribution is 2.30. The number of hydrogen-bond acceptors (Lipinski definition) is 4. The van der Waals surface area contributed by atoms with Gasteiger partial charge in [-0.25, -0.2) is 8.78 Å². The molecule has 0 saturated heterocycles. The van der Waals surface area contributed by atoms with Crippen LogP contribution in [0.1, 0.15) is 29.3 Å². The molecule has 0 fully saturated rings. The zero-order valence-corrected chi connectivity index (χ0v) is 15.8. The smallest absolute Gasteiger partial charge is 0.325 e. The first-order valence-corrected chi connectivity index (χ1v) is 9.15. The monoisotopic (exact) mass is 402 g/mol. The molecule has 152 valence electrons. The number of benzene rings is 2. The summed E-state index contributed by atoms with van der Waals surface area (Å²) in [6, 6.07) is 10.0. The van der Waals surface area contributed by atoms with Gasteiger partial charge >= 0.3 is 5.97 Å².